The topological polar surface area (TPSA) is 76.9 Å². The van der Waals surface area contributed by atoms with Gasteiger partial charge in [0.2, 0.25) is 5.56 Å². The van der Waals surface area contributed by atoms with E-state index in [0.717, 1.165) is 12.8 Å². The number of benzene rings is 1. The van der Waals surface area contributed by atoms with Crippen molar-refractivity contribution < 1.29 is 18.3 Å². The van der Waals surface area contributed by atoms with Crippen molar-refractivity contribution in [3.05, 3.63) is 58.5 Å². The molecule has 1 aromatic carbocycles. The van der Waals surface area contributed by atoms with Crippen LogP contribution < -0.4 is 25.7 Å². The zero-order valence-electron chi connectivity index (χ0n) is 18.4. The van der Waals surface area contributed by atoms with Crippen molar-refractivity contribution in [1.82, 2.24) is 15.2 Å². The van der Waals surface area contributed by atoms with Gasteiger partial charge in [0.25, 0.3) is 0 Å². The highest BCUT2D eigenvalue weighted by Crippen LogP contribution is 2.33. The zero-order chi connectivity index (χ0) is 22.5. The second kappa shape index (κ2) is 15.4. The standard InChI is InChI=1S/C22H30F2N4O3.HI/c1-3-25-22(26-13-6-8-15-28-14-7-5-12-19(28)29)27-16-17-10-9-11-18(30-4-2)20(17)31-21(23)24;/h5,7,9-12,14,21H,3-4,6,8,13,15-16H2,1-2H3,(H2,25,26,27);1H. The number of nitrogens with zero attached hydrogens (tertiary/aromatic N) is 2. The van der Waals surface area contributed by atoms with E-state index in [4.69, 9.17) is 4.74 Å². The number of ether oxygens (including phenoxy) is 2. The van der Waals surface area contributed by atoms with Gasteiger partial charge < -0.3 is 24.7 Å². The number of hydrogen-bond donors (Lipinski definition) is 2. The number of halogens is 3. The van der Waals surface area contributed by atoms with E-state index in [1.54, 1.807) is 48.0 Å². The number of aromatic nitrogens is 1. The molecule has 1 heterocycles. The maximum Gasteiger partial charge on any atom is 0.387 e. The first kappa shape index (κ1) is 27.7. The third-order valence-electron chi connectivity index (χ3n) is 4.34. The molecular formula is C22H31F2IN4O3. The summed E-state index contributed by atoms with van der Waals surface area (Å²) in [5.74, 6) is 0.848. The smallest absolute Gasteiger partial charge is 0.387 e. The Bertz CT molecular complexity index is 893. The molecule has 0 aliphatic carbocycles. The number of rotatable bonds is 12. The minimum atomic E-state index is -2.95. The van der Waals surface area contributed by atoms with Crippen LogP contribution in [0.15, 0.2) is 52.4 Å². The highest BCUT2D eigenvalue weighted by molar-refractivity contribution is 14.0. The molecule has 178 valence electrons. The summed E-state index contributed by atoms with van der Waals surface area (Å²) in [7, 11) is 0. The summed E-state index contributed by atoms with van der Waals surface area (Å²) >= 11 is 0. The molecule has 0 aliphatic rings. The molecule has 2 N–H and O–H groups in total. The largest absolute Gasteiger partial charge is 0.490 e. The molecule has 7 nitrogen and oxygen atoms in total. The Kier molecular flexibility index (Phi) is 13.3. The fourth-order valence-electron chi connectivity index (χ4n) is 2.94. The molecule has 0 saturated heterocycles. The summed E-state index contributed by atoms with van der Waals surface area (Å²) < 4.78 is 37.5. The van der Waals surface area contributed by atoms with Gasteiger partial charge in [-0.25, -0.2) is 4.99 Å². The monoisotopic (exact) mass is 564 g/mol. The van der Waals surface area contributed by atoms with Crippen molar-refractivity contribution >= 4 is 29.9 Å². The lowest BCUT2D eigenvalue weighted by Crippen LogP contribution is -2.37. The SMILES string of the molecule is CCNC(=NCc1cccc(OCC)c1OC(F)F)NCCCCn1ccccc1=O.I. The van der Waals surface area contributed by atoms with Gasteiger partial charge in [-0.05, 0) is 38.8 Å². The average molecular weight is 564 g/mol. The van der Waals surface area contributed by atoms with Gasteiger partial charge in [-0.3, -0.25) is 4.79 Å². The zero-order valence-corrected chi connectivity index (χ0v) is 20.7. The summed E-state index contributed by atoms with van der Waals surface area (Å²) in [6.07, 6.45) is 3.45. The van der Waals surface area contributed by atoms with E-state index < -0.39 is 6.61 Å². The van der Waals surface area contributed by atoms with Gasteiger partial charge in [0.15, 0.2) is 17.5 Å². The van der Waals surface area contributed by atoms with Crippen LogP contribution in [-0.4, -0.2) is 36.8 Å². The van der Waals surface area contributed by atoms with Crippen LogP contribution in [0.25, 0.3) is 0 Å². The molecule has 0 bridgehead atoms. The number of pyridine rings is 1. The Morgan fingerprint density at radius 3 is 2.62 bits per heavy atom. The number of alkyl halides is 2. The summed E-state index contributed by atoms with van der Waals surface area (Å²) in [5, 5.41) is 6.36. The molecule has 0 saturated carbocycles. The summed E-state index contributed by atoms with van der Waals surface area (Å²) in [6.45, 7) is 3.22. The molecule has 0 fully saturated rings. The highest BCUT2D eigenvalue weighted by atomic mass is 127. The molecule has 10 heteroatoms. The van der Waals surface area contributed by atoms with E-state index >= 15 is 0 Å². The number of aliphatic imine (C=N–C) groups is 1. The molecular weight excluding hydrogens is 533 g/mol. The normalized spacial score (nSPS) is 11.1. The van der Waals surface area contributed by atoms with Gasteiger partial charge in [-0.15, -0.1) is 24.0 Å². The average Bonchev–Trinajstić information content (AvgIpc) is 2.74. The third kappa shape index (κ3) is 9.41. The van der Waals surface area contributed by atoms with E-state index in [2.05, 4.69) is 20.4 Å². The van der Waals surface area contributed by atoms with E-state index in [-0.39, 0.29) is 47.6 Å². The maximum atomic E-state index is 12.9. The summed E-state index contributed by atoms with van der Waals surface area (Å²) in [6, 6.07) is 10.1. The Hall–Kier alpha value is -2.37. The maximum absolute atomic E-state index is 12.9. The molecule has 0 amide bonds. The molecule has 0 aliphatic heterocycles. The Morgan fingerprint density at radius 1 is 1.12 bits per heavy atom. The van der Waals surface area contributed by atoms with Gasteiger partial charge in [0, 0.05) is 37.5 Å². The predicted molar refractivity (Wildman–Crippen MR) is 132 cm³/mol. The number of nitrogens with one attached hydrogen (secondary N) is 2. The molecule has 0 unspecified atom stereocenters. The minimum Gasteiger partial charge on any atom is -0.490 e. The predicted octanol–water partition coefficient (Wildman–Crippen LogP) is 4.00. The molecule has 2 aromatic rings. The fraction of sp³-hybridized carbons (Fsp3) is 0.455. The van der Waals surface area contributed by atoms with E-state index in [1.165, 1.54) is 0 Å². The lowest BCUT2D eigenvalue weighted by molar-refractivity contribution is -0.0520. The fourth-order valence-corrected chi connectivity index (χ4v) is 2.94. The molecule has 0 radical (unpaired) electrons. The van der Waals surface area contributed by atoms with Crippen molar-refractivity contribution in [1.29, 1.82) is 0 Å². The van der Waals surface area contributed by atoms with E-state index in [9.17, 15) is 13.6 Å². The van der Waals surface area contributed by atoms with Crippen molar-refractivity contribution in [3.8, 4) is 11.5 Å². The quantitative estimate of drug-likeness (QED) is 0.177. The lowest BCUT2D eigenvalue weighted by Gasteiger charge is -2.15. The number of hydrogen-bond acceptors (Lipinski definition) is 4. The molecule has 1 aromatic heterocycles. The summed E-state index contributed by atoms with van der Waals surface area (Å²) in [4.78, 5) is 16.2. The number of aryl methyl sites for hydroxylation is 1. The first-order valence-electron chi connectivity index (χ1n) is 10.4. The van der Waals surface area contributed by atoms with Crippen LogP contribution in [-0.2, 0) is 13.1 Å². The third-order valence-corrected chi connectivity index (χ3v) is 4.34. The van der Waals surface area contributed by atoms with Gasteiger partial charge >= 0.3 is 6.61 Å². The lowest BCUT2D eigenvalue weighted by atomic mass is 10.2. The highest BCUT2D eigenvalue weighted by Gasteiger charge is 2.15. The van der Waals surface area contributed by atoms with Gasteiger partial charge in [-0.2, -0.15) is 8.78 Å². The Labute approximate surface area is 204 Å². The van der Waals surface area contributed by atoms with Gasteiger partial charge in [0.05, 0.1) is 13.2 Å². The van der Waals surface area contributed by atoms with Crippen LogP contribution in [0.4, 0.5) is 8.78 Å². The van der Waals surface area contributed by atoms with Crippen molar-refractivity contribution in [2.24, 2.45) is 4.99 Å². The van der Waals surface area contributed by atoms with Crippen LogP contribution in [0.5, 0.6) is 11.5 Å². The molecule has 2 rings (SSSR count). The van der Waals surface area contributed by atoms with Crippen molar-refractivity contribution in [2.75, 3.05) is 19.7 Å². The second-order valence-electron chi connectivity index (χ2n) is 6.62. The molecule has 32 heavy (non-hydrogen) atoms. The van der Waals surface area contributed by atoms with Crippen LogP contribution >= 0.6 is 24.0 Å². The van der Waals surface area contributed by atoms with Crippen molar-refractivity contribution in [2.45, 2.75) is 46.4 Å². The van der Waals surface area contributed by atoms with Crippen LogP contribution in [0.2, 0.25) is 0 Å². The number of unbranched alkanes of at least 4 members (excludes halogenated alkanes) is 1. The number of guanidine groups is 1. The van der Waals surface area contributed by atoms with Gasteiger partial charge in [-0.1, -0.05) is 18.2 Å². The van der Waals surface area contributed by atoms with E-state index in [1.807, 2.05) is 13.0 Å². The van der Waals surface area contributed by atoms with Gasteiger partial charge in [0.1, 0.15) is 0 Å². The van der Waals surface area contributed by atoms with Crippen LogP contribution in [0.1, 0.15) is 32.3 Å². The Balaban J connectivity index is 0.00000512. The van der Waals surface area contributed by atoms with Crippen molar-refractivity contribution in [3.63, 3.8) is 0 Å². The Morgan fingerprint density at radius 2 is 1.94 bits per heavy atom. The molecule has 0 spiro atoms. The molecule has 0 atom stereocenters. The van der Waals surface area contributed by atoms with Crippen LogP contribution in [0.3, 0.4) is 0 Å². The summed E-state index contributed by atoms with van der Waals surface area (Å²) in [5.41, 5.74) is 0.494. The van der Waals surface area contributed by atoms with E-state index in [0.29, 0.717) is 37.8 Å². The first-order chi connectivity index (χ1) is 15.0. The van der Waals surface area contributed by atoms with Crippen LogP contribution in [0, 0.1) is 0 Å². The number of para-hydroxylation sites is 1. The second-order valence-corrected chi connectivity index (χ2v) is 6.62. The first-order valence-corrected chi connectivity index (χ1v) is 10.4. The minimum absolute atomic E-state index is 0.